The van der Waals surface area contributed by atoms with Gasteiger partial charge in [0.15, 0.2) is 0 Å². The normalized spacial score (nSPS) is 12.8. The lowest BCUT2D eigenvalue weighted by Gasteiger charge is -2.23. The van der Waals surface area contributed by atoms with Crippen molar-refractivity contribution in [2.75, 3.05) is 7.05 Å². The minimum Gasteiger partial charge on any atom is -0.467 e. The average molecular weight is 239 g/mol. The van der Waals surface area contributed by atoms with Gasteiger partial charge in [-0.25, -0.2) is 5.84 Å². The fraction of sp³-hybridized carbons (Fsp3) is 0.583. The number of nitrogens with two attached hydrogens (primary N) is 1. The number of rotatable bonds is 6. The van der Waals surface area contributed by atoms with Crippen molar-refractivity contribution in [3.8, 4) is 0 Å². The monoisotopic (exact) mass is 239 g/mol. The number of hydrogen-bond donors (Lipinski definition) is 2. The second-order valence-electron chi connectivity index (χ2n) is 4.28. The summed E-state index contributed by atoms with van der Waals surface area (Å²) in [4.78, 5) is 13.6. The molecule has 0 aliphatic rings. The molecule has 5 heteroatoms. The maximum atomic E-state index is 11.5. The topological polar surface area (TPSA) is 71.5 Å². The third kappa shape index (κ3) is 3.57. The van der Waals surface area contributed by atoms with Gasteiger partial charge in [0, 0.05) is 6.04 Å². The van der Waals surface area contributed by atoms with Crippen LogP contribution in [0.4, 0.5) is 0 Å². The molecule has 0 bridgehead atoms. The lowest BCUT2D eigenvalue weighted by molar-refractivity contribution is 0.0949. The molecule has 1 aromatic heterocycles. The Kier molecular flexibility index (Phi) is 5.18. The lowest BCUT2D eigenvalue weighted by atomic mass is 10.1. The highest BCUT2D eigenvalue weighted by Crippen LogP contribution is 2.15. The van der Waals surface area contributed by atoms with Gasteiger partial charge in [-0.05, 0) is 26.5 Å². The molecule has 17 heavy (non-hydrogen) atoms. The van der Waals surface area contributed by atoms with E-state index < -0.39 is 0 Å². The van der Waals surface area contributed by atoms with Crippen LogP contribution in [0.1, 0.15) is 42.8 Å². The van der Waals surface area contributed by atoms with Crippen molar-refractivity contribution in [1.82, 2.24) is 10.3 Å². The molecule has 0 saturated heterocycles. The Hall–Kier alpha value is -1.33. The molecule has 96 valence electrons. The van der Waals surface area contributed by atoms with E-state index in [1.807, 2.05) is 7.05 Å². The van der Waals surface area contributed by atoms with Gasteiger partial charge in [-0.1, -0.05) is 13.3 Å². The fourth-order valence-corrected chi connectivity index (χ4v) is 1.76. The van der Waals surface area contributed by atoms with E-state index in [-0.39, 0.29) is 5.91 Å². The van der Waals surface area contributed by atoms with Gasteiger partial charge in [0.1, 0.15) is 5.76 Å². The molecule has 0 radical (unpaired) electrons. The zero-order chi connectivity index (χ0) is 12.8. The summed E-state index contributed by atoms with van der Waals surface area (Å²) in [5.41, 5.74) is 2.62. The summed E-state index contributed by atoms with van der Waals surface area (Å²) in [5, 5.41) is 0. The minimum atomic E-state index is -0.315. The smallest absolute Gasteiger partial charge is 0.268 e. The van der Waals surface area contributed by atoms with Crippen molar-refractivity contribution in [1.29, 1.82) is 0 Å². The Morgan fingerprint density at radius 1 is 1.65 bits per heavy atom. The molecule has 1 aromatic rings. The number of hydrazine groups is 1. The van der Waals surface area contributed by atoms with E-state index in [9.17, 15) is 4.79 Å². The van der Waals surface area contributed by atoms with Crippen LogP contribution in [0.5, 0.6) is 0 Å². The summed E-state index contributed by atoms with van der Waals surface area (Å²) in [7, 11) is 2.02. The van der Waals surface area contributed by atoms with Crippen LogP contribution in [0.25, 0.3) is 0 Å². The van der Waals surface area contributed by atoms with Crippen LogP contribution in [0.15, 0.2) is 16.7 Å². The molecule has 1 heterocycles. The zero-order valence-electron chi connectivity index (χ0n) is 10.7. The quantitative estimate of drug-likeness (QED) is 0.448. The summed E-state index contributed by atoms with van der Waals surface area (Å²) in [6, 6.07) is 2.09. The molecule has 0 aliphatic heterocycles. The first-order valence-electron chi connectivity index (χ1n) is 5.87. The van der Waals surface area contributed by atoms with E-state index in [1.165, 1.54) is 6.26 Å². The van der Waals surface area contributed by atoms with E-state index in [1.54, 1.807) is 6.07 Å². The molecule has 1 rings (SSSR count). The van der Waals surface area contributed by atoms with Crippen molar-refractivity contribution < 1.29 is 9.21 Å². The summed E-state index contributed by atoms with van der Waals surface area (Å²) < 4.78 is 5.33. The van der Waals surface area contributed by atoms with Gasteiger partial charge in [0.2, 0.25) is 0 Å². The summed E-state index contributed by atoms with van der Waals surface area (Å²) in [5.74, 6) is 5.45. The first kappa shape index (κ1) is 13.7. The van der Waals surface area contributed by atoms with Crippen LogP contribution < -0.4 is 11.3 Å². The van der Waals surface area contributed by atoms with Crippen molar-refractivity contribution in [3.05, 3.63) is 23.7 Å². The van der Waals surface area contributed by atoms with E-state index in [0.717, 1.165) is 12.8 Å². The lowest BCUT2D eigenvalue weighted by Crippen LogP contribution is -2.32. The highest BCUT2D eigenvalue weighted by molar-refractivity contribution is 5.94. The highest BCUT2D eigenvalue weighted by Gasteiger charge is 2.17. The van der Waals surface area contributed by atoms with Gasteiger partial charge in [-0.2, -0.15) is 0 Å². The Balaban J connectivity index is 2.68. The summed E-state index contributed by atoms with van der Waals surface area (Å²) >= 11 is 0. The number of hydrogen-bond acceptors (Lipinski definition) is 4. The fourth-order valence-electron chi connectivity index (χ4n) is 1.76. The SMILES string of the molecule is CCCC(C)N(C)Cc1occc1C(=O)NN. The number of furan rings is 1. The summed E-state index contributed by atoms with van der Waals surface area (Å²) in [6.45, 7) is 4.93. The van der Waals surface area contributed by atoms with E-state index in [4.69, 9.17) is 10.3 Å². The van der Waals surface area contributed by atoms with Gasteiger partial charge < -0.3 is 4.42 Å². The second-order valence-corrected chi connectivity index (χ2v) is 4.28. The maximum Gasteiger partial charge on any atom is 0.268 e. The predicted molar refractivity (Wildman–Crippen MR) is 66.2 cm³/mol. The van der Waals surface area contributed by atoms with E-state index in [0.29, 0.717) is 23.9 Å². The molecule has 5 nitrogen and oxygen atoms in total. The van der Waals surface area contributed by atoms with E-state index >= 15 is 0 Å². The molecule has 0 saturated carbocycles. The van der Waals surface area contributed by atoms with Crippen molar-refractivity contribution in [3.63, 3.8) is 0 Å². The molecule has 3 N–H and O–H groups in total. The zero-order valence-corrected chi connectivity index (χ0v) is 10.7. The number of carbonyl (C=O) groups excluding carboxylic acids is 1. The number of nitrogens with one attached hydrogen (secondary N) is 1. The number of amides is 1. The molecule has 1 amide bonds. The van der Waals surface area contributed by atoms with Gasteiger partial charge >= 0.3 is 0 Å². The molecule has 0 aliphatic carbocycles. The predicted octanol–water partition coefficient (Wildman–Crippen LogP) is 1.50. The minimum absolute atomic E-state index is 0.315. The van der Waals surface area contributed by atoms with Crippen LogP contribution in [-0.2, 0) is 6.54 Å². The molecule has 1 atom stereocenters. The van der Waals surface area contributed by atoms with Crippen LogP contribution in [0.2, 0.25) is 0 Å². The standard InChI is InChI=1S/C12H21N3O2/c1-4-5-9(2)15(3)8-11-10(6-7-17-11)12(16)14-13/h6-7,9H,4-5,8,13H2,1-3H3,(H,14,16). The maximum absolute atomic E-state index is 11.5. The molecule has 0 aromatic carbocycles. The van der Waals surface area contributed by atoms with Crippen LogP contribution in [-0.4, -0.2) is 23.9 Å². The first-order chi connectivity index (χ1) is 8.10. The van der Waals surface area contributed by atoms with Gasteiger partial charge in [-0.15, -0.1) is 0 Å². The third-order valence-corrected chi connectivity index (χ3v) is 2.97. The summed E-state index contributed by atoms with van der Waals surface area (Å²) in [6.07, 6.45) is 3.77. The van der Waals surface area contributed by atoms with Crippen LogP contribution >= 0.6 is 0 Å². The van der Waals surface area contributed by atoms with E-state index in [2.05, 4.69) is 24.2 Å². The molecule has 0 spiro atoms. The molecule has 1 unspecified atom stereocenters. The van der Waals surface area contributed by atoms with Crippen LogP contribution in [0, 0.1) is 0 Å². The van der Waals surface area contributed by atoms with Gasteiger partial charge in [0.25, 0.3) is 5.91 Å². The Labute approximate surface area is 102 Å². The molecular weight excluding hydrogens is 218 g/mol. The van der Waals surface area contributed by atoms with Crippen LogP contribution in [0.3, 0.4) is 0 Å². The Bertz CT molecular complexity index is 362. The largest absolute Gasteiger partial charge is 0.467 e. The average Bonchev–Trinajstić information content (AvgIpc) is 2.76. The van der Waals surface area contributed by atoms with Gasteiger partial charge in [-0.3, -0.25) is 15.1 Å². The first-order valence-corrected chi connectivity index (χ1v) is 5.87. The molecular formula is C12H21N3O2. The second kappa shape index (κ2) is 6.42. The Morgan fingerprint density at radius 2 is 2.35 bits per heavy atom. The van der Waals surface area contributed by atoms with Crippen molar-refractivity contribution >= 4 is 5.91 Å². The highest BCUT2D eigenvalue weighted by atomic mass is 16.3. The van der Waals surface area contributed by atoms with Crippen molar-refractivity contribution in [2.45, 2.75) is 39.3 Å². The Morgan fingerprint density at radius 3 is 2.94 bits per heavy atom. The number of nitrogens with zero attached hydrogens (tertiary/aromatic N) is 1. The number of carbonyl (C=O) groups is 1. The van der Waals surface area contributed by atoms with Gasteiger partial charge in [0.05, 0.1) is 18.4 Å². The third-order valence-electron chi connectivity index (χ3n) is 2.97. The number of nitrogen functional groups attached to an aromatic ring is 1. The molecule has 0 fully saturated rings. The van der Waals surface area contributed by atoms with Crippen molar-refractivity contribution in [2.24, 2.45) is 5.84 Å².